The molecule has 1 amide bonds. The highest BCUT2D eigenvalue weighted by molar-refractivity contribution is 5.96. The van der Waals surface area contributed by atoms with E-state index in [0.29, 0.717) is 12.3 Å². The van der Waals surface area contributed by atoms with Crippen LogP contribution in [0.3, 0.4) is 0 Å². The molecule has 1 aliphatic rings. The lowest BCUT2D eigenvalue weighted by Crippen LogP contribution is -2.35. The van der Waals surface area contributed by atoms with Gasteiger partial charge in [0.1, 0.15) is 0 Å². The van der Waals surface area contributed by atoms with Crippen molar-refractivity contribution >= 4 is 11.6 Å². The molecular formula is C15H21NO. The Labute approximate surface area is 104 Å². The summed E-state index contributed by atoms with van der Waals surface area (Å²) in [5.74, 6) is 0.291. The summed E-state index contributed by atoms with van der Waals surface area (Å²) in [4.78, 5) is 14.0. The summed E-state index contributed by atoms with van der Waals surface area (Å²) >= 11 is 0. The third-order valence-corrected chi connectivity index (χ3v) is 3.43. The summed E-state index contributed by atoms with van der Waals surface area (Å²) in [5, 5.41) is 0. The number of anilines is 1. The van der Waals surface area contributed by atoms with Crippen molar-refractivity contribution in [1.29, 1.82) is 0 Å². The molecule has 0 unspecified atom stereocenters. The minimum Gasteiger partial charge on any atom is -0.312 e. The van der Waals surface area contributed by atoms with Gasteiger partial charge >= 0.3 is 0 Å². The van der Waals surface area contributed by atoms with Crippen LogP contribution in [0.4, 0.5) is 5.69 Å². The zero-order valence-electron chi connectivity index (χ0n) is 10.8. The first-order valence-electron chi connectivity index (χ1n) is 6.62. The number of amides is 1. The average Bonchev–Trinajstić information content (AvgIpc) is 2.32. The Hall–Kier alpha value is -1.31. The Balaban J connectivity index is 2.20. The van der Waals surface area contributed by atoms with E-state index in [4.69, 9.17) is 0 Å². The van der Waals surface area contributed by atoms with Crippen LogP contribution in [-0.2, 0) is 11.2 Å². The van der Waals surface area contributed by atoms with Gasteiger partial charge in [0.15, 0.2) is 0 Å². The highest BCUT2D eigenvalue weighted by atomic mass is 16.2. The van der Waals surface area contributed by atoms with Gasteiger partial charge in [-0.3, -0.25) is 4.79 Å². The maximum Gasteiger partial charge on any atom is 0.227 e. The quantitative estimate of drug-likeness (QED) is 0.727. The highest BCUT2D eigenvalue weighted by Gasteiger charge is 2.23. The number of hydrogen-bond donors (Lipinski definition) is 0. The normalized spacial score (nSPS) is 14.9. The van der Waals surface area contributed by atoms with Gasteiger partial charge in [0.2, 0.25) is 5.91 Å². The van der Waals surface area contributed by atoms with E-state index in [-0.39, 0.29) is 0 Å². The van der Waals surface area contributed by atoms with Gasteiger partial charge in [0.25, 0.3) is 0 Å². The minimum absolute atomic E-state index is 0.291. The number of aryl methyl sites for hydroxylation is 2. The first-order chi connectivity index (χ1) is 8.22. The molecule has 0 aromatic heterocycles. The Kier molecular flexibility index (Phi) is 3.82. The molecule has 0 fully saturated rings. The topological polar surface area (TPSA) is 20.3 Å². The monoisotopic (exact) mass is 231 g/mol. The Bertz CT molecular complexity index is 411. The van der Waals surface area contributed by atoms with Crippen molar-refractivity contribution in [2.24, 2.45) is 0 Å². The second-order valence-corrected chi connectivity index (χ2v) is 4.88. The number of fused-ring (bicyclic) bond motifs is 1. The molecular weight excluding hydrogens is 210 g/mol. The number of benzene rings is 1. The van der Waals surface area contributed by atoms with Gasteiger partial charge in [-0.1, -0.05) is 31.9 Å². The lowest BCUT2D eigenvalue weighted by Gasteiger charge is -2.29. The van der Waals surface area contributed by atoms with E-state index in [0.717, 1.165) is 25.1 Å². The average molecular weight is 231 g/mol. The number of rotatable bonds is 4. The first-order valence-corrected chi connectivity index (χ1v) is 6.62. The van der Waals surface area contributed by atoms with Gasteiger partial charge < -0.3 is 4.90 Å². The molecule has 0 aliphatic carbocycles. The van der Waals surface area contributed by atoms with E-state index in [1.54, 1.807) is 0 Å². The summed E-state index contributed by atoms with van der Waals surface area (Å²) in [6, 6.07) is 6.46. The van der Waals surface area contributed by atoms with Crippen LogP contribution < -0.4 is 4.90 Å². The minimum atomic E-state index is 0.291. The van der Waals surface area contributed by atoms with Crippen LogP contribution in [0.1, 0.15) is 43.7 Å². The molecule has 2 nitrogen and oxygen atoms in total. The van der Waals surface area contributed by atoms with Crippen molar-refractivity contribution in [3.8, 4) is 0 Å². The molecule has 0 N–H and O–H groups in total. The summed E-state index contributed by atoms with van der Waals surface area (Å²) in [6.07, 6.45) is 5.07. The molecule has 2 heteroatoms. The molecule has 0 spiro atoms. The SMILES string of the molecule is CCCCCN1C(=O)CCc2ccc(C)cc21. The molecule has 0 saturated carbocycles. The largest absolute Gasteiger partial charge is 0.312 e. The van der Waals surface area contributed by atoms with Crippen molar-refractivity contribution in [2.45, 2.75) is 46.0 Å². The summed E-state index contributed by atoms with van der Waals surface area (Å²) in [7, 11) is 0. The van der Waals surface area contributed by atoms with E-state index in [1.807, 2.05) is 4.90 Å². The van der Waals surface area contributed by atoms with Crippen molar-refractivity contribution in [3.05, 3.63) is 29.3 Å². The van der Waals surface area contributed by atoms with E-state index < -0.39 is 0 Å². The van der Waals surface area contributed by atoms with Gasteiger partial charge in [0, 0.05) is 18.7 Å². The van der Waals surface area contributed by atoms with Crippen molar-refractivity contribution in [3.63, 3.8) is 0 Å². The van der Waals surface area contributed by atoms with Crippen LogP contribution in [0.5, 0.6) is 0 Å². The van der Waals surface area contributed by atoms with Gasteiger partial charge in [0.05, 0.1) is 0 Å². The highest BCUT2D eigenvalue weighted by Crippen LogP contribution is 2.29. The predicted molar refractivity (Wildman–Crippen MR) is 71.4 cm³/mol. The molecule has 92 valence electrons. The number of carbonyl (C=O) groups excluding carboxylic acids is 1. The van der Waals surface area contributed by atoms with E-state index >= 15 is 0 Å². The Morgan fingerprint density at radius 1 is 1.24 bits per heavy atom. The summed E-state index contributed by atoms with van der Waals surface area (Å²) < 4.78 is 0. The third kappa shape index (κ3) is 2.68. The number of carbonyl (C=O) groups is 1. The van der Waals surface area contributed by atoms with Crippen LogP contribution in [0.15, 0.2) is 18.2 Å². The third-order valence-electron chi connectivity index (χ3n) is 3.43. The fraction of sp³-hybridized carbons (Fsp3) is 0.533. The van der Waals surface area contributed by atoms with Crippen molar-refractivity contribution in [1.82, 2.24) is 0 Å². The molecule has 0 saturated heterocycles. The molecule has 17 heavy (non-hydrogen) atoms. The number of nitrogens with zero attached hydrogens (tertiary/aromatic N) is 1. The van der Waals surface area contributed by atoms with Crippen LogP contribution in [-0.4, -0.2) is 12.5 Å². The lowest BCUT2D eigenvalue weighted by atomic mass is 9.99. The van der Waals surface area contributed by atoms with Gasteiger partial charge in [-0.15, -0.1) is 0 Å². The first kappa shape index (κ1) is 12.2. The molecule has 1 aromatic rings. The maximum atomic E-state index is 12.0. The Morgan fingerprint density at radius 2 is 2.06 bits per heavy atom. The fourth-order valence-electron chi connectivity index (χ4n) is 2.41. The van der Waals surface area contributed by atoms with Gasteiger partial charge in [-0.25, -0.2) is 0 Å². The van der Waals surface area contributed by atoms with Crippen LogP contribution in [0, 0.1) is 6.92 Å². The van der Waals surface area contributed by atoms with E-state index in [1.165, 1.54) is 24.0 Å². The Morgan fingerprint density at radius 3 is 2.82 bits per heavy atom. The number of hydrogen-bond acceptors (Lipinski definition) is 1. The zero-order valence-corrected chi connectivity index (χ0v) is 10.8. The van der Waals surface area contributed by atoms with Crippen LogP contribution >= 0.6 is 0 Å². The number of unbranched alkanes of at least 4 members (excludes halogenated alkanes) is 2. The summed E-state index contributed by atoms with van der Waals surface area (Å²) in [5.41, 5.74) is 3.71. The lowest BCUT2D eigenvalue weighted by molar-refractivity contribution is -0.118. The molecule has 1 heterocycles. The molecule has 0 bridgehead atoms. The van der Waals surface area contributed by atoms with Crippen molar-refractivity contribution in [2.75, 3.05) is 11.4 Å². The second-order valence-electron chi connectivity index (χ2n) is 4.88. The molecule has 0 radical (unpaired) electrons. The van der Waals surface area contributed by atoms with E-state index in [2.05, 4.69) is 32.0 Å². The van der Waals surface area contributed by atoms with Crippen LogP contribution in [0.2, 0.25) is 0 Å². The smallest absolute Gasteiger partial charge is 0.227 e. The van der Waals surface area contributed by atoms with Crippen molar-refractivity contribution < 1.29 is 4.79 Å². The predicted octanol–water partition coefficient (Wildman–Crippen LogP) is 3.46. The fourth-order valence-corrected chi connectivity index (χ4v) is 2.41. The zero-order chi connectivity index (χ0) is 12.3. The van der Waals surface area contributed by atoms with E-state index in [9.17, 15) is 4.79 Å². The van der Waals surface area contributed by atoms with Gasteiger partial charge in [-0.2, -0.15) is 0 Å². The molecule has 1 aliphatic heterocycles. The molecule has 2 rings (SSSR count). The van der Waals surface area contributed by atoms with Crippen LogP contribution in [0.25, 0.3) is 0 Å². The van der Waals surface area contributed by atoms with Gasteiger partial charge in [-0.05, 0) is 37.0 Å². The summed E-state index contributed by atoms with van der Waals surface area (Å²) in [6.45, 7) is 5.16. The molecule has 0 atom stereocenters. The standard InChI is InChI=1S/C15H21NO/c1-3-4-5-10-16-14-11-12(2)6-7-13(14)8-9-15(16)17/h6-7,11H,3-5,8-10H2,1-2H3. The maximum absolute atomic E-state index is 12.0. The second kappa shape index (κ2) is 5.35. The molecule has 1 aromatic carbocycles.